The van der Waals surface area contributed by atoms with Crippen LogP contribution in [0.3, 0.4) is 0 Å². The van der Waals surface area contributed by atoms with Gasteiger partial charge in [-0.05, 0) is 37.0 Å². The lowest BCUT2D eigenvalue weighted by atomic mass is 9.93. The molecule has 0 aliphatic carbocycles. The minimum absolute atomic E-state index is 0.0471. The molecule has 0 aliphatic heterocycles. The summed E-state index contributed by atoms with van der Waals surface area (Å²) in [4.78, 5) is 11.3. The third-order valence-corrected chi connectivity index (χ3v) is 4.35. The lowest BCUT2D eigenvalue weighted by Crippen LogP contribution is -2.20. The van der Waals surface area contributed by atoms with Crippen LogP contribution in [0, 0.1) is 6.92 Å². The molecule has 4 heteroatoms. The highest BCUT2D eigenvalue weighted by Gasteiger charge is 2.19. The predicted molar refractivity (Wildman–Crippen MR) is 101 cm³/mol. The zero-order chi connectivity index (χ0) is 18.4. The highest BCUT2D eigenvalue weighted by Crippen LogP contribution is 2.42. The summed E-state index contributed by atoms with van der Waals surface area (Å²) in [6, 6.07) is 9.37. The van der Waals surface area contributed by atoms with Crippen molar-refractivity contribution in [2.75, 3.05) is 0 Å². The average molecular weight is 341 g/mol. The molecule has 0 saturated carbocycles. The van der Waals surface area contributed by atoms with Gasteiger partial charge >= 0.3 is 0 Å². The Hall–Kier alpha value is -2.49. The Morgan fingerprint density at radius 3 is 2.56 bits per heavy atom. The van der Waals surface area contributed by atoms with Crippen molar-refractivity contribution >= 4 is 5.91 Å². The van der Waals surface area contributed by atoms with Crippen LogP contribution in [0.1, 0.15) is 49.8 Å². The number of hydrogen-bond donors (Lipinski definition) is 3. The van der Waals surface area contributed by atoms with Gasteiger partial charge in [-0.15, -0.1) is 0 Å². The highest BCUT2D eigenvalue weighted by atomic mass is 16.3. The summed E-state index contributed by atoms with van der Waals surface area (Å²) < 4.78 is 0. The standard InChI is InChI=1S/C21H27NO3/c1-4-5-6-9-16-12-19(24)20(17-10-7-8-14(2)11-17)21(25)18(16)13-22-15(3)23/h7-8,10-12,24-25H,4-6,9,13H2,1-3H3,(H,22,23). The maximum absolute atomic E-state index is 11.3. The van der Waals surface area contributed by atoms with Gasteiger partial charge in [0.25, 0.3) is 0 Å². The van der Waals surface area contributed by atoms with Crippen molar-refractivity contribution in [3.8, 4) is 22.6 Å². The van der Waals surface area contributed by atoms with E-state index in [9.17, 15) is 15.0 Å². The molecule has 0 spiro atoms. The second-order valence-corrected chi connectivity index (χ2v) is 6.49. The lowest BCUT2D eigenvalue weighted by Gasteiger charge is -2.17. The van der Waals surface area contributed by atoms with Crippen LogP contribution in [-0.2, 0) is 17.8 Å². The van der Waals surface area contributed by atoms with E-state index in [-0.39, 0.29) is 24.0 Å². The Morgan fingerprint density at radius 1 is 1.16 bits per heavy atom. The molecule has 0 unspecified atom stereocenters. The number of aryl methyl sites for hydroxylation is 2. The van der Waals surface area contributed by atoms with Gasteiger partial charge in [0.2, 0.25) is 5.91 Å². The van der Waals surface area contributed by atoms with Gasteiger partial charge in [-0.3, -0.25) is 4.79 Å². The largest absolute Gasteiger partial charge is 0.507 e. The summed E-state index contributed by atoms with van der Waals surface area (Å²) in [6.07, 6.45) is 3.92. The Bertz CT molecular complexity index is 753. The molecule has 0 aliphatic rings. The van der Waals surface area contributed by atoms with E-state index in [2.05, 4.69) is 12.2 Å². The van der Waals surface area contributed by atoms with E-state index in [1.54, 1.807) is 6.07 Å². The van der Waals surface area contributed by atoms with Crippen molar-refractivity contribution in [2.45, 2.75) is 53.0 Å². The number of carbonyl (C=O) groups excluding carboxylic acids is 1. The molecule has 0 fully saturated rings. The molecule has 0 aromatic heterocycles. The number of benzene rings is 2. The fourth-order valence-corrected chi connectivity index (χ4v) is 3.03. The SMILES string of the molecule is CCCCCc1cc(O)c(-c2cccc(C)c2)c(O)c1CNC(C)=O. The van der Waals surface area contributed by atoms with E-state index in [1.165, 1.54) is 6.92 Å². The molecular formula is C21H27NO3. The van der Waals surface area contributed by atoms with Crippen LogP contribution in [0.5, 0.6) is 11.5 Å². The molecule has 0 radical (unpaired) electrons. The number of carbonyl (C=O) groups is 1. The molecule has 4 nitrogen and oxygen atoms in total. The number of rotatable bonds is 7. The molecule has 0 heterocycles. The van der Waals surface area contributed by atoms with E-state index >= 15 is 0 Å². The van der Waals surface area contributed by atoms with Crippen LogP contribution < -0.4 is 5.32 Å². The minimum Gasteiger partial charge on any atom is -0.507 e. The van der Waals surface area contributed by atoms with E-state index in [0.717, 1.165) is 42.4 Å². The number of phenolic OH excluding ortho intramolecular Hbond substituents is 2. The molecule has 0 saturated heterocycles. The quantitative estimate of drug-likeness (QED) is 0.652. The van der Waals surface area contributed by atoms with Gasteiger partial charge in [-0.1, -0.05) is 49.6 Å². The minimum atomic E-state index is -0.149. The van der Waals surface area contributed by atoms with E-state index in [1.807, 2.05) is 31.2 Å². The number of phenols is 2. The van der Waals surface area contributed by atoms with E-state index in [0.29, 0.717) is 11.1 Å². The highest BCUT2D eigenvalue weighted by molar-refractivity contribution is 5.79. The van der Waals surface area contributed by atoms with Gasteiger partial charge in [0, 0.05) is 19.0 Å². The molecule has 1 amide bonds. The first-order valence-corrected chi connectivity index (χ1v) is 8.82. The lowest BCUT2D eigenvalue weighted by molar-refractivity contribution is -0.119. The first kappa shape index (κ1) is 18.8. The van der Waals surface area contributed by atoms with Crippen LogP contribution in [0.25, 0.3) is 11.1 Å². The van der Waals surface area contributed by atoms with Crippen LogP contribution >= 0.6 is 0 Å². The number of hydrogen-bond acceptors (Lipinski definition) is 3. The van der Waals surface area contributed by atoms with Gasteiger partial charge in [0.05, 0.1) is 5.56 Å². The van der Waals surface area contributed by atoms with Gasteiger partial charge in [-0.25, -0.2) is 0 Å². The normalized spacial score (nSPS) is 10.7. The maximum Gasteiger partial charge on any atom is 0.217 e. The first-order valence-electron chi connectivity index (χ1n) is 8.82. The number of amides is 1. The second-order valence-electron chi connectivity index (χ2n) is 6.49. The topological polar surface area (TPSA) is 69.6 Å². The predicted octanol–water partition coefficient (Wildman–Crippen LogP) is 4.44. The van der Waals surface area contributed by atoms with Crippen molar-refractivity contribution in [2.24, 2.45) is 0 Å². The smallest absolute Gasteiger partial charge is 0.217 e. The van der Waals surface area contributed by atoms with Crippen LogP contribution in [0.2, 0.25) is 0 Å². The average Bonchev–Trinajstić information content (AvgIpc) is 2.54. The summed E-state index contributed by atoms with van der Waals surface area (Å²) in [5.41, 5.74) is 3.79. The third kappa shape index (κ3) is 4.75. The number of unbranched alkanes of at least 4 members (excludes halogenated alkanes) is 2. The maximum atomic E-state index is 11.3. The Morgan fingerprint density at radius 2 is 1.92 bits per heavy atom. The number of aromatic hydroxyl groups is 2. The molecule has 3 N–H and O–H groups in total. The van der Waals surface area contributed by atoms with Gasteiger partial charge < -0.3 is 15.5 Å². The van der Waals surface area contributed by atoms with Crippen molar-refractivity contribution in [3.63, 3.8) is 0 Å². The molecular weight excluding hydrogens is 314 g/mol. The summed E-state index contributed by atoms with van der Waals surface area (Å²) in [7, 11) is 0. The molecule has 25 heavy (non-hydrogen) atoms. The fourth-order valence-electron chi connectivity index (χ4n) is 3.03. The van der Waals surface area contributed by atoms with Crippen molar-refractivity contribution in [3.05, 3.63) is 47.0 Å². The third-order valence-electron chi connectivity index (χ3n) is 4.35. The zero-order valence-corrected chi connectivity index (χ0v) is 15.2. The summed E-state index contributed by atoms with van der Waals surface area (Å²) in [5, 5.41) is 24.1. The van der Waals surface area contributed by atoms with Crippen molar-refractivity contribution in [1.29, 1.82) is 0 Å². The van der Waals surface area contributed by atoms with Crippen LogP contribution in [0.15, 0.2) is 30.3 Å². The summed E-state index contributed by atoms with van der Waals surface area (Å²) in [6.45, 7) is 5.81. The van der Waals surface area contributed by atoms with E-state index in [4.69, 9.17) is 0 Å². The van der Waals surface area contributed by atoms with Crippen molar-refractivity contribution in [1.82, 2.24) is 5.32 Å². The number of nitrogens with one attached hydrogen (secondary N) is 1. The summed E-state index contributed by atoms with van der Waals surface area (Å²) in [5.74, 6) is -0.0314. The van der Waals surface area contributed by atoms with Gasteiger partial charge in [-0.2, -0.15) is 0 Å². The Kier molecular flexibility index (Phi) is 6.45. The monoisotopic (exact) mass is 341 g/mol. The Balaban J connectivity index is 2.50. The summed E-state index contributed by atoms with van der Waals surface area (Å²) >= 11 is 0. The zero-order valence-electron chi connectivity index (χ0n) is 15.2. The van der Waals surface area contributed by atoms with Gasteiger partial charge in [0.15, 0.2) is 0 Å². The molecule has 0 atom stereocenters. The van der Waals surface area contributed by atoms with Crippen LogP contribution in [0.4, 0.5) is 0 Å². The molecule has 2 aromatic carbocycles. The molecule has 2 aromatic rings. The molecule has 134 valence electrons. The van der Waals surface area contributed by atoms with E-state index < -0.39 is 0 Å². The molecule has 2 rings (SSSR count). The van der Waals surface area contributed by atoms with Crippen molar-refractivity contribution < 1.29 is 15.0 Å². The van der Waals surface area contributed by atoms with Gasteiger partial charge in [0.1, 0.15) is 11.5 Å². The second kappa shape index (κ2) is 8.56. The fraction of sp³-hybridized carbons (Fsp3) is 0.381. The molecule has 0 bridgehead atoms. The van der Waals surface area contributed by atoms with Crippen LogP contribution in [-0.4, -0.2) is 16.1 Å². The first-order chi connectivity index (χ1) is 11.9. The Labute approximate surface area is 149 Å².